The molecule has 2 aliphatic heterocycles. The molecule has 2 aliphatic rings. The molecule has 5 rings (SSSR count). The van der Waals surface area contributed by atoms with E-state index in [1.807, 2.05) is 24.3 Å². The van der Waals surface area contributed by atoms with Crippen LogP contribution < -0.4 is 19.5 Å². The van der Waals surface area contributed by atoms with Gasteiger partial charge in [-0.2, -0.15) is 0 Å². The minimum atomic E-state index is -0.515. The topological polar surface area (TPSA) is 63.2 Å². The lowest BCUT2D eigenvalue weighted by Crippen LogP contribution is -2.47. The number of hydrogen-bond acceptors (Lipinski definition) is 6. The number of aliphatic hydroxyl groups excluding tert-OH is 1. The molecule has 1 unspecified atom stereocenters. The molecule has 1 fully saturated rings. The van der Waals surface area contributed by atoms with Crippen LogP contribution in [0.3, 0.4) is 0 Å². The van der Waals surface area contributed by atoms with Gasteiger partial charge in [0.1, 0.15) is 35.6 Å². The van der Waals surface area contributed by atoms with Crippen LogP contribution in [0.2, 0.25) is 0 Å². The summed E-state index contributed by atoms with van der Waals surface area (Å²) in [5.41, 5.74) is 3.16. The maximum absolute atomic E-state index is 10.5. The molecule has 2 N–H and O–H groups in total. The van der Waals surface area contributed by atoms with Crippen molar-refractivity contribution in [3.05, 3.63) is 89.5 Å². The first-order chi connectivity index (χ1) is 17.9. The van der Waals surface area contributed by atoms with E-state index in [1.54, 1.807) is 7.11 Å². The molecular formula is C31H38N2O4. The van der Waals surface area contributed by atoms with E-state index < -0.39 is 11.7 Å². The molecule has 0 saturated carbocycles. The van der Waals surface area contributed by atoms with Gasteiger partial charge in [0.25, 0.3) is 0 Å². The predicted octanol–water partition coefficient (Wildman–Crippen LogP) is 4.43. The molecule has 0 amide bonds. The maximum Gasteiger partial charge on any atom is 0.127 e. The number of β-amino-alcohol motifs (C(OH)–C–C–N with tert-alkyl or cyclic N) is 1. The largest absolute Gasteiger partial charge is 0.497 e. The quantitative estimate of drug-likeness (QED) is 0.475. The standard InChI is InChI=1S/C31H38N2O4/c1-31(2)30(23-7-5-4-6-8-23)29(27-14-13-26(35-3)19-28(27)37-31)22-9-11-25(12-10-22)36-21-24(34)20-33-17-15-32-16-18-33/h4-14,19,24,29-30,32,34H,15-18,20-21H2,1-3H3/t24?,29-,30+/m1/s1. The molecule has 6 nitrogen and oxygen atoms in total. The molecule has 0 aromatic heterocycles. The third kappa shape index (κ3) is 5.77. The van der Waals surface area contributed by atoms with Crippen molar-refractivity contribution in [3.63, 3.8) is 0 Å². The number of ether oxygens (including phenoxy) is 3. The highest BCUT2D eigenvalue weighted by Gasteiger charge is 2.45. The molecule has 3 atom stereocenters. The number of nitrogens with one attached hydrogen (secondary N) is 1. The number of fused-ring (bicyclic) bond motifs is 1. The SMILES string of the molecule is COc1ccc2c(c1)OC(C)(C)[C@@H](c1ccccc1)[C@@H]2c1ccc(OCC(O)CN2CCNCC2)cc1. The fourth-order valence-electron chi connectivity index (χ4n) is 5.75. The Morgan fingerprint density at radius 1 is 0.973 bits per heavy atom. The van der Waals surface area contributed by atoms with Crippen LogP contribution >= 0.6 is 0 Å². The Bertz CT molecular complexity index is 1160. The van der Waals surface area contributed by atoms with Crippen molar-refractivity contribution >= 4 is 0 Å². The number of benzene rings is 3. The normalized spacial score (nSPS) is 21.9. The van der Waals surface area contributed by atoms with Crippen molar-refractivity contribution in [3.8, 4) is 17.2 Å². The monoisotopic (exact) mass is 502 g/mol. The van der Waals surface area contributed by atoms with E-state index in [1.165, 1.54) is 11.1 Å². The Morgan fingerprint density at radius 3 is 2.38 bits per heavy atom. The number of aliphatic hydroxyl groups is 1. The average molecular weight is 503 g/mol. The summed E-state index contributed by atoms with van der Waals surface area (Å²) in [6, 6.07) is 25.1. The second kappa shape index (κ2) is 11.1. The first kappa shape index (κ1) is 25.6. The van der Waals surface area contributed by atoms with Gasteiger partial charge in [0.15, 0.2) is 0 Å². The van der Waals surface area contributed by atoms with Gasteiger partial charge in [-0.15, -0.1) is 0 Å². The lowest BCUT2D eigenvalue weighted by molar-refractivity contribution is 0.0527. The van der Waals surface area contributed by atoms with Crippen molar-refractivity contribution in [2.75, 3.05) is 46.4 Å². The maximum atomic E-state index is 10.5. The van der Waals surface area contributed by atoms with Gasteiger partial charge in [-0.3, -0.25) is 4.90 Å². The van der Waals surface area contributed by atoms with Gasteiger partial charge in [-0.1, -0.05) is 48.5 Å². The number of methoxy groups -OCH3 is 1. The zero-order valence-corrected chi connectivity index (χ0v) is 22.0. The average Bonchev–Trinajstić information content (AvgIpc) is 2.91. The zero-order chi connectivity index (χ0) is 25.8. The van der Waals surface area contributed by atoms with Gasteiger partial charge in [-0.05, 0) is 43.2 Å². The smallest absolute Gasteiger partial charge is 0.127 e. The summed E-state index contributed by atoms with van der Waals surface area (Å²) in [7, 11) is 1.68. The molecule has 196 valence electrons. The predicted molar refractivity (Wildman–Crippen MR) is 146 cm³/mol. The van der Waals surface area contributed by atoms with E-state index in [0.717, 1.165) is 49.0 Å². The van der Waals surface area contributed by atoms with Crippen LogP contribution in [0.1, 0.15) is 42.4 Å². The van der Waals surface area contributed by atoms with Gasteiger partial charge < -0.3 is 24.6 Å². The van der Waals surface area contributed by atoms with E-state index >= 15 is 0 Å². The molecule has 3 aromatic rings. The van der Waals surface area contributed by atoms with Crippen molar-refractivity contribution in [1.82, 2.24) is 10.2 Å². The Morgan fingerprint density at radius 2 is 1.68 bits per heavy atom. The van der Waals surface area contributed by atoms with E-state index in [4.69, 9.17) is 14.2 Å². The second-order valence-corrected chi connectivity index (χ2v) is 10.6. The molecule has 6 heteroatoms. The number of piperazine rings is 1. The summed E-state index contributed by atoms with van der Waals surface area (Å²) < 4.78 is 18.0. The highest BCUT2D eigenvalue weighted by molar-refractivity contribution is 5.52. The molecule has 3 aromatic carbocycles. The van der Waals surface area contributed by atoms with E-state index in [2.05, 4.69) is 72.6 Å². The molecule has 0 aliphatic carbocycles. The minimum absolute atomic E-state index is 0.0967. The lowest BCUT2D eigenvalue weighted by atomic mass is 9.68. The summed E-state index contributed by atoms with van der Waals surface area (Å²) in [4.78, 5) is 2.27. The van der Waals surface area contributed by atoms with Crippen LogP contribution in [-0.2, 0) is 0 Å². The minimum Gasteiger partial charge on any atom is -0.497 e. The molecule has 1 saturated heterocycles. The summed E-state index contributed by atoms with van der Waals surface area (Å²) >= 11 is 0. The van der Waals surface area contributed by atoms with Crippen LogP contribution in [0.5, 0.6) is 17.2 Å². The second-order valence-electron chi connectivity index (χ2n) is 10.6. The summed E-state index contributed by atoms with van der Waals surface area (Å²) in [5.74, 6) is 2.62. The molecule has 0 bridgehead atoms. The molecule has 0 radical (unpaired) electrons. The Labute approximate surface area is 220 Å². The third-order valence-corrected chi connectivity index (χ3v) is 7.53. The fourth-order valence-corrected chi connectivity index (χ4v) is 5.75. The Hall–Kier alpha value is -3.06. The number of hydrogen-bond donors (Lipinski definition) is 2. The third-order valence-electron chi connectivity index (χ3n) is 7.53. The summed E-state index contributed by atoms with van der Waals surface area (Å²) in [5, 5.41) is 13.8. The summed E-state index contributed by atoms with van der Waals surface area (Å²) in [6.07, 6.45) is -0.515. The van der Waals surface area contributed by atoms with Gasteiger partial charge in [0.2, 0.25) is 0 Å². The van der Waals surface area contributed by atoms with E-state index in [-0.39, 0.29) is 18.4 Å². The Balaban J connectivity index is 1.39. The lowest BCUT2D eigenvalue weighted by Gasteiger charge is -2.45. The molecule has 0 spiro atoms. The van der Waals surface area contributed by atoms with Gasteiger partial charge in [0.05, 0.1) is 7.11 Å². The van der Waals surface area contributed by atoms with Gasteiger partial charge >= 0.3 is 0 Å². The van der Waals surface area contributed by atoms with E-state index in [9.17, 15) is 5.11 Å². The van der Waals surface area contributed by atoms with Crippen molar-refractivity contribution < 1.29 is 19.3 Å². The van der Waals surface area contributed by atoms with Crippen molar-refractivity contribution in [2.45, 2.75) is 37.4 Å². The number of rotatable bonds is 8. The fraction of sp³-hybridized carbons (Fsp3) is 0.419. The zero-order valence-electron chi connectivity index (χ0n) is 22.0. The van der Waals surface area contributed by atoms with Crippen molar-refractivity contribution in [1.29, 1.82) is 0 Å². The van der Waals surface area contributed by atoms with Gasteiger partial charge in [0, 0.05) is 56.2 Å². The molecular weight excluding hydrogens is 464 g/mol. The first-order valence-electron chi connectivity index (χ1n) is 13.2. The van der Waals surface area contributed by atoms with E-state index in [0.29, 0.717) is 6.54 Å². The van der Waals surface area contributed by atoms with Gasteiger partial charge in [-0.25, -0.2) is 0 Å². The Kier molecular flexibility index (Phi) is 7.70. The molecule has 37 heavy (non-hydrogen) atoms. The highest BCUT2D eigenvalue weighted by Crippen LogP contribution is 2.53. The first-order valence-corrected chi connectivity index (χ1v) is 13.2. The van der Waals surface area contributed by atoms with Crippen LogP contribution in [0.15, 0.2) is 72.8 Å². The van der Waals surface area contributed by atoms with Crippen molar-refractivity contribution in [2.24, 2.45) is 0 Å². The highest BCUT2D eigenvalue weighted by atomic mass is 16.5. The van der Waals surface area contributed by atoms with Crippen LogP contribution in [0.4, 0.5) is 0 Å². The van der Waals surface area contributed by atoms with Crippen LogP contribution in [0, 0.1) is 0 Å². The van der Waals surface area contributed by atoms with Crippen LogP contribution in [0.25, 0.3) is 0 Å². The molecule has 2 heterocycles. The number of nitrogens with zero attached hydrogens (tertiary/aromatic N) is 1. The summed E-state index contributed by atoms with van der Waals surface area (Å²) in [6.45, 7) is 9.11. The van der Waals surface area contributed by atoms with Crippen LogP contribution in [-0.4, -0.2) is 68.2 Å².